The van der Waals surface area contributed by atoms with Crippen LogP contribution in [0, 0.1) is 10.8 Å². The van der Waals surface area contributed by atoms with E-state index in [1.807, 2.05) is 0 Å². The first-order valence-electron chi connectivity index (χ1n) is 12.7. The van der Waals surface area contributed by atoms with Gasteiger partial charge in [-0.15, -0.1) is 0 Å². The standard InChI is InChI=1S/C26H56N2O2/c1-9-23(21-29)27(17-13-11-15-25(3,4)5)19-20-28(24(10-2)22-30)18-14-12-16-26(6,7)8/h23-24,29-30H,9-22H2,1-8H3. The van der Waals surface area contributed by atoms with Crippen LogP contribution in [0.3, 0.4) is 0 Å². The highest BCUT2D eigenvalue weighted by atomic mass is 16.3. The molecule has 0 saturated heterocycles. The van der Waals surface area contributed by atoms with E-state index in [1.54, 1.807) is 0 Å². The van der Waals surface area contributed by atoms with Crippen molar-refractivity contribution < 1.29 is 10.2 Å². The molecule has 0 radical (unpaired) electrons. The Hall–Kier alpha value is -0.160. The van der Waals surface area contributed by atoms with Gasteiger partial charge in [-0.25, -0.2) is 0 Å². The average molecular weight is 429 g/mol. The topological polar surface area (TPSA) is 46.9 Å². The molecule has 0 fully saturated rings. The van der Waals surface area contributed by atoms with E-state index in [2.05, 4.69) is 65.2 Å². The molecule has 0 saturated carbocycles. The van der Waals surface area contributed by atoms with Gasteiger partial charge in [-0.1, -0.05) is 68.2 Å². The van der Waals surface area contributed by atoms with Crippen molar-refractivity contribution in [3.05, 3.63) is 0 Å². The largest absolute Gasteiger partial charge is 0.395 e. The highest BCUT2D eigenvalue weighted by molar-refractivity contribution is 4.76. The predicted molar refractivity (Wildman–Crippen MR) is 132 cm³/mol. The first-order valence-corrected chi connectivity index (χ1v) is 12.7. The van der Waals surface area contributed by atoms with Gasteiger partial charge < -0.3 is 10.2 Å². The van der Waals surface area contributed by atoms with Crippen LogP contribution in [0.15, 0.2) is 0 Å². The van der Waals surface area contributed by atoms with Crippen molar-refractivity contribution in [1.29, 1.82) is 0 Å². The Morgan fingerprint density at radius 2 is 0.900 bits per heavy atom. The summed E-state index contributed by atoms with van der Waals surface area (Å²) in [6, 6.07) is 0.494. The van der Waals surface area contributed by atoms with Crippen molar-refractivity contribution in [1.82, 2.24) is 9.80 Å². The van der Waals surface area contributed by atoms with Gasteiger partial charge in [-0.3, -0.25) is 9.80 Å². The van der Waals surface area contributed by atoms with Crippen molar-refractivity contribution in [2.45, 2.75) is 119 Å². The summed E-state index contributed by atoms with van der Waals surface area (Å²) in [5, 5.41) is 19.8. The Kier molecular flexibility index (Phi) is 15.5. The van der Waals surface area contributed by atoms with Gasteiger partial charge in [0.05, 0.1) is 13.2 Å². The second-order valence-electron chi connectivity index (χ2n) is 11.6. The number of unbranched alkanes of at least 4 members (excludes halogenated alkanes) is 2. The number of hydrogen-bond acceptors (Lipinski definition) is 4. The van der Waals surface area contributed by atoms with Crippen LogP contribution in [0.4, 0.5) is 0 Å². The summed E-state index contributed by atoms with van der Waals surface area (Å²) in [4.78, 5) is 4.99. The van der Waals surface area contributed by atoms with Gasteiger partial charge in [0.25, 0.3) is 0 Å². The van der Waals surface area contributed by atoms with E-state index in [1.165, 1.54) is 38.5 Å². The number of aliphatic hydroxyl groups is 2. The van der Waals surface area contributed by atoms with E-state index in [9.17, 15) is 10.2 Å². The molecule has 0 aromatic carbocycles. The first kappa shape index (κ1) is 29.8. The number of rotatable bonds is 17. The molecule has 182 valence electrons. The number of nitrogens with zero attached hydrogens (tertiary/aromatic N) is 2. The smallest absolute Gasteiger partial charge is 0.0586 e. The highest BCUT2D eigenvalue weighted by Crippen LogP contribution is 2.23. The molecule has 0 aromatic rings. The summed E-state index contributed by atoms with van der Waals surface area (Å²) in [6.45, 7) is 22.8. The SMILES string of the molecule is CCC(CO)N(CCCCC(C)(C)C)CCN(CCCCC(C)(C)C)C(CC)CO. The molecule has 2 unspecified atom stereocenters. The van der Waals surface area contributed by atoms with Crippen molar-refractivity contribution in [3.63, 3.8) is 0 Å². The zero-order valence-electron chi connectivity index (χ0n) is 21.8. The Morgan fingerprint density at radius 3 is 1.13 bits per heavy atom. The van der Waals surface area contributed by atoms with E-state index < -0.39 is 0 Å². The van der Waals surface area contributed by atoms with Crippen LogP contribution in [-0.4, -0.2) is 71.5 Å². The molecular formula is C26H56N2O2. The normalized spacial score (nSPS) is 15.2. The molecule has 0 aliphatic heterocycles. The van der Waals surface area contributed by atoms with Crippen LogP contribution in [0.5, 0.6) is 0 Å². The zero-order chi connectivity index (χ0) is 23.2. The van der Waals surface area contributed by atoms with Gasteiger partial charge in [-0.05, 0) is 62.4 Å². The summed E-state index contributed by atoms with van der Waals surface area (Å²) < 4.78 is 0. The molecule has 2 N–H and O–H groups in total. The molecule has 0 heterocycles. The minimum atomic E-state index is 0.235. The third-order valence-electron chi connectivity index (χ3n) is 6.32. The Morgan fingerprint density at radius 1 is 0.567 bits per heavy atom. The maximum Gasteiger partial charge on any atom is 0.0586 e. The molecule has 2 atom stereocenters. The zero-order valence-corrected chi connectivity index (χ0v) is 21.8. The second kappa shape index (κ2) is 15.6. The first-order chi connectivity index (χ1) is 14.0. The fraction of sp³-hybridized carbons (Fsp3) is 1.00. The summed E-state index contributed by atoms with van der Waals surface area (Å²) in [7, 11) is 0. The molecular weight excluding hydrogens is 372 g/mol. The quantitative estimate of drug-likeness (QED) is 0.298. The maximum absolute atomic E-state index is 9.90. The van der Waals surface area contributed by atoms with Crippen LogP contribution < -0.4 is 0 Å². The lowest BCUT2D eigenvalue weighted by atomic mass is 9.90. The fourth-order valence-corrected chi connectivity index (χ4v) is 4.16. The highest BCUT2D eigenvalue weighted by Gasteiger charge is 2.21. The van der Waals surface area contributed by atoms with E-state index >= 15 is 0 Å². The molecule has 0 rings (SSSR count). The lowest BCUT2D eigenvalue weighted by Gasteiger charge is -2.35. The number of aliphatic hydroxyl groups excluding tert-OH is 2. The molecule has 0 aliphatic rings. The fourth-order valence-electron chi connectivity index (χ4n) is 4.16. The van der Waals surface area contributed by atoms with Crippen molar-refractivity contribution in [2.75, 3.05) is 39.4 Å². The molecule has 0 bridgehead atoms. The minimum absolute atomic E-state index is 0.235. The van der Waals surface area contributed by atoms with E-state index in [-0.39, 0.29) is 25.3 Å². The molecule has 0 amide bonds. The van der Waals surface area contributed by atoms with Crippen molar-refractivity contribution in [3.8, 4) is 0 Å². The van der Waals surface area contributed by atoms with Gasteiger partial charge in [0.1, 0.15) is 0 Å². The third-order valence-corrected chi connectivity index (χ3v) is 6.32. The third kappa shape index (κ3) is 14.8. The predicted octanol–water partition coefficient (Wildman–Crippen LogP) is 5.57. The molecule has 30 heavy (non-hydrogen) atoms. The lowest BCUT2D eigenvalue weighted by Crippen LogP contribution is -2.46. The molecule has 4 nitrogen and oxygen atoms in total. The van der Waals surface area contributed by atoms with Gasteiger partial charge in [-0.2, -0.15) is 0 Å². The van der Waals surface area contributed by atoms with Gasteiger partial charge in [0.2, 0.25) is 0 Å². The van der Waals surface area contributed by atoms with Crippen LogP contribution in [0.1, 0.15) is 107 Å². The molecule has 0 spiro atoms. The number of hydrogen-bond donors (Lipinski definition) is 2. The average Bonchev–Trinajstić information content (AvgIpc) is 2.65. The van der Waals surface area contributed by atoms with Crippen LogP contribution in [-0.2, 0) is 0 Å². The van der Waals surface area contributed by atoms with Crippen molar-refractivity contribution >= 4 is 0 Å². The lowest BCUT2D eigenvalue weighted by molar-refractivity contribution is 0.0743. The summed E-state index contributed by atoms with van der Waals surface area (Å²) >= 11 is 0. The Bertz CT molecular complexity index is 355. The second-order valence-corrected chi connectivity index (χ2v) is 11.6. The van der Waals surface area contributed by atoms with Gasteiger partial charge >= 0.3 is 0 Å². The van der Waals surface area contributed by atoms with Crippen molar-refractivity contribution in [2.24, 2.45) is 10.8 Å². The van der Waals surface area contributed by atoms with E-state index in [4.69, 9.17) is 0 Å². The van der Waals surface area contributed by atoms with Crippen LogP contribution >= 0.6 is 0 Å². The summed E-state index contributed by atoms with van der Waals surface area (Å²) in [5.41, 5.74) is 0.788. The molecule has 4 heteroatoms. The Labute approximate surface area is 189 Å². The summed E-state index contributed by atoms with van der Waals surface area (Å²) in [5.74, 6) is 0. The summed E-state index contributed by atoms with van der Waals surface area (Å²) in [6.07, 6.45) is 9.33. The van der Waals surface area contributed by atoms with Gasteiger partial charge in [0.15, 0.2) is 0 Å². The molecule has 0 aromatic heterocycles. The molecule has 0 aliphatic carbocycles. The maximum atomic E-state index is 9.90. The van der Waals surface area contributed by atoms with E-state index in [0.29, 0.717) is 10.8 Å². The van der Waals surface area contributed by atoms with Gasteiger partial charge in [0, 0.05) is 25.2 Å². The van der Waals surface area contributed by atoms with Crippen LogP contribution in [0.25, 0.3) is 0 Å². The minimum Gasteiger partial charge on any atom is -0.395 e. The van der Waals surface area contributed by atoms with E-state index in [0.717, 1.165) is 39.0 Å². The monoisotopic (exact) mass is 428 g/mol. The Balaban J connectivity index is 4.81. The van der Waals surface area contributed by atoms with Crippen LogP contribution in [0.2, 0.25) is 0 Å².